The number of rotatable bonds is 3. The van der Waals surface area contributed by atoms with Gasteiger partial charge in [0.2, 0.25) is 0 Å². The first-order chi connectivity index (χ1) is 9.40. The van der Waals surface area contributed by atoms with E-state index in [-0.39, 0.29) is 23.6 Å². The lowest BCUT2D eigenvalue weighted by molar-refractivity contribution is -0.137. The maximum atomic E-state index is 13.1. The largest absolute Gasteiger partial charge is 0.497 e. The Hall–Kier alpha value is -1.43. The van der Waals surface area contributed by atoms with Crippen LogP contribution in [0.1, 0.15) is 25.3 Å². The minimum absolute atomic E-state index is 0.00625. The lowest BCUT2D eigenvalue weighted by Gasteiger charge is -2.29. The first-order valence-corrected chi connectivity index (χ1v) is 6.53. The third-order valence-electron chi connectivity index (χ3n) is 3.38. The van der Waals surface area contributed by atoms with Gasteiger partial charge < -0.3 is 14.8 Å². The summed E-state index contributed by atoms with van der Waals surface area (Å²) in [5, 5.41) is 2.98. The molecule has 2 rings (SSSR count). The molecule has 1 aliphatic rings. The highest BCUT2D eigenvalue weighted by Crippen LogP contribution is 2.37. The summed E-state index contributed by atoms with van der Waals surface area (Å²) in [6.07, 6.45) is -2.95. The minimum atomic E-state index is -4.41. The predicted octanol–water partition coefficient (Wildman–Crippen LogP) is 3.69. The second-order valence-electron chi connectivity index (χ2n) is 4.96. The number of methoxy groups -OCH3 is 1. The lowest BCUT2D eigenvalue weighted by atomic mass is 10.0. The average molecular weight is 289 g/mol. The highest BCUT2D eigenvalue weighted by Gasteiger charge is 2.34. The van der Waals surface area contributed by atoms with Crippen molar-refractivity contribution < 1.29 is 22.6 Å². The lowest BCUT2D eigenvalue weighted by Crippen LogP contribution is -2.33. The molecule has 1 saturated heterocycles. The van der Waals surface area contributed by atoms with Crippen molar-refractivity contribution in [1.29, 1.82) is 0 Å². The van der Waals surface area contributed by atoms with Crippen LogP contribution in [0.4, 0.5) is 18.9 Å². The van der Waals surface area contributed by atoms with Crippen molar-refractivity contribution in [2.45, 2.75) is 38.1 Å². The van der Waals surface area contributed by atoms with Gasteiger partial charge in [-0.2, -0.15) is 13.2 Å². The highest BCUT2D eigenvalue weighted by atomic mass is 19.4. The van der Waals surface area contributed by atoms with Crippen LogP contribution in [0.3, 0.4) is 0 Å². The molecule has 1 aromatic carbocycles. The van der Waals surface area contributed by atoms with Gasteiger partial charge >= 0.3 is 6.18 Å². The summed E-state index contributed by atoms with van der Waals surface area (Å²) >= 11 is 0. The van der Waals surface area contributed by atoms with E-state index in [2.05, 4.69) is 5.32 Å². The Bertz CT molecular complexity index is 462. The van der Waals surface area contributed by atoms with Crippen LogP contribution in [0.5, 0.6) is 5.75 Å². The van der Waals surface area contributed by atoms with E-state index in [0.717, 1.165) is 6.07 Å². The van der Waals surface area contributed by atoms with Crippen LogP contribution in [-0.2, 0) is 10.9 Å². The van der Waals surface area contributed by atoms with Gasteiger partial charge in [0.05, 0.1) is 18.8 Å². The number of anilines is 1. The summed E-state index contributed by atoms with van der Waals surface area (Å²) in [7, 11) is 1.35. The molecule has 1 N–H and O–H groups in total. The fourth-order valence-electron chi connectivity index (χ4n) is 2.36. The van der Waals surface area contributed by atoms with Gasteiger partial charge in [0.1, 0.15) is 5.75 Å². The maximum Gasteiger partial charge on any atom is 0.418 e. The van der Waals surface area contributed by atoms with Crippen molar-refractivity contribution in [2.75, 3.05) is 19.0 Å². The Kier molecular flexibility index (Phi) is 4.42. The first-order valence-electron chi connectivity index (χ1n) is 6.53. The van der Waals surface area contributed by atoms with Crippen LogP contribution in [0.25, 0.3) is 0 Å². The number of nitrogens with one attached hydrogen (secondary N) is 1. The Morgan fingerprint density at radius 1 is 1.35 bits per heavy atom. The molecule has 1 aromatic rings. The van der Waals surface area contributed by atoms with Crippen molar-refractivity contribution in [3.8, 4) is 5.75 Å². The molecule has 0 saturated carbocycles. The van der Waals surface area contributed by atoms with E-state index in [9.17, 15) is 13.2 Å². The molecule has 3 nitrogen and oxygen atoms in total. The van der Waals surface area contributed by atoms with Gasteiger partial charge in [0.25, 0.3) is 0 Å². The van der Waals surface area contributed by atoms with Crippen molar-refractivity contribution in [2.24, 2.45) is 0 Å². The van der Waals surface area contributed by atoms with E-state index >= 15 is 0 Å². The van der Waals surface area contributed by atoms with Crippen molar-refractivity contribution >= 4 is 5.69 Å². The summed E-state index contributed by atoms with van der Waals surface area (Å²) in [5.41, 5.74) is -0.603. The molecular formula is C14H18F3NO2. The number of halogens is 3. The predicted molar refractivity (Wildman–Crippen MR) is 70.1 cm³/mol. The van der Waals surface area contributed by atoms with E-state index < -0.39 is 11.7 Å². The molecule has 0 radical (unpaired) electrons. The molecule has 2 unspecified atom stereocenters. The molecule has 0 aromatic heterocycles. The van der Waals surface area contributed by atoms with Crippen molar-refractivity contribution in [3.63, 3.8) is 0 Å². The Morgan fingerprint density at radius 3 is 2.70 bits per heavy atom. The van der Waals surface area contributed by atoms with E-state index in [1.165, 1.54) is 19.2 Å². The van der Waals surface area contributed by atoms with Gasteiger partial charge in [-0.15, -0.1) is 0 Å². The van der Waals surface area contributed by atoms with Gasteiger partial charge in [-0.25, -0.2) is 0 Å². The summed E-state index contributed by atoms with van der Waals surface area (Å²) in [6, 6.07) is 3.96. The maximum absolute atomic E-state index is 13.1. The Morgan fingerprint density at radius 2 is 2.10 bits per heavy atom. The Labute approximate surface area is 116 Å². The fraction of sp³-hybridized carbons (Fsp3) is 0.571. The zero-order valence-corrected chi connectivity index (χ0v) is 11.5. The molecule has 0 amide bonds. The fourth-order valence-corrected chi connectivity index (χ4v) is 2.36. The number of hydrogen-bond acceptors (Lipinski definition) is 3. The Balaban J connectivity index is 2.22. The molecule has 0 spiro atoms. The molecule has 1 aliphatic heterocycles. The minimum Gasteiger partial charge on any atom is -0.497 e. The number of ether oxygens (including phenoxy) is 2. The first kappa shape index (κ1) is 15.0. The van der Waals surface area contributed by atoms with E-state index in [1.807, 2.05) is 6.92 Å². The zero-order chi connectivity index (χ0) is 14.8. The summed E-state index contributed by atoms with van der Waals surface area (Å²) in [5.74, 6) is 0.197. The van der Waals surface area contributed by atoms with Crippen LogP contribution >= 0.6 is 0 Å². The molecule has 0 aliphatic carbocycles. The van der Waals surface area contributed by atoms with Gasteiger partial charge in [-0.3, -0.25) is 0 Å². The average Bonchev–Trinajstić information content (AvgIpc) is 2.38. The smallest absolute Gasteiger partial charge is 0.418 e. The molecule has 1 heterocycles. The third-order valence-corrected chi connectivity index (χ3v) is 3.38. The molecule has 0 bridgehead atoms. The number of hydrogen-bond donors (Lipinski definition) is 1. The van der Waals surface area contributed by atoms with E-state index in [4.69, 9.17) is 9.47 Å². The second-order valence-corrected chi connectivity index (χ2v) is 4.96. The van der Waals surface area contributed by atoms with Crippen LogP contribution in [0.15, 0.2) is 18.2 Å². The molecule has 20 heavy (non-hydrogen) atoms. The molecule has 2 atom stereocenters. The van der Waals surface area contributed by atoms with Gasteiger partial charge in [-0.05, 0) is 38.0 Å². The van der Waals surface area contributed by atoms with E-state index in [1.54, 1.807) is 0 Å². The third kappa shape index (κ3) is 3.56. The monoisotopic (exact) mass is 289 g/mol. The number of alkyl halides is 3. The normalized spacial score (nSPS) is 23.4. The molecule has 6 heteroatoms. The van der Waals surface area contributed by atoms with Crippen LogP contribution < -0.4 is 10.1 Å². The van der Waals surface area contributed by atoms with Crippen molar-refractivity contribution in [1.82, 2.24) is 0 Å². The summed E-state index contributed by atoms with van der Waals surface area (Å²) in [4.78, 5) is 0. The van der Waals surface area contributed by atoms with Crippen LogP contribution in [-0.4, -0.2) is 25.9 Å². The molecule has 1 fully saturated rings. The molecule has 112 valence electrons. The second kappa shape index (κ2) is 5.91. The van der Waals surface area contributed by atoms with Crippen molar-refractivity contribution in [3.05, 3.63) is 23.8 Å². The summed E-state index contributed by atoms with van der Waals surface area (Å²) in [6.45, 7) is 2.49. The zero-order valence-electron chi connectivity index (χ0n) is 11.5. The topological polar surface area (TPSA) is 30.5 Å². The standard InChI is InChI=1S/C14H18F3NO2/c1-9-7-10(5-6-20-9)18-13-4-3-11(19-2)8-12(13)14(15,16)17/h3-4,8-10,18H,5-7H2,1-2H3. The summed E-state index contributed by atoms with van der Waals surface area (Å²) < 4.78 is 49.5. The van der Waals surface area contributed by atoms with Crippen LogP contribution in [0, 0.1) is 0 Å². The van der Waals surface area contributed by atoms with Gasteiger partial charge in [0.15, 0.2) is 0 Å². The van der Waals surface area contributed by atoms with Gasteiger partial charge in [-0.1, -0.05) is 0 Å². The highest BCUT2D eigenvalue weighted by molar-refractivity contribution is 5.56. The van der Waals surface area contributed by atoms with E-state index in [0.29, 0.717) is 19.4 Å². The SMILES string of the molecule is COc1ccc(NC2CCOC(C)C2)c(C(F)(F)F)c1. The van der Waals surface area contributed by atoms with Crippen LogP contribution in [0.2, 0.25) is 0 Å². The number of benzene rings is 1. The quantitative estimate of drug-likeness (QED) is 0.920. The van der Waals surface area contributed by atoms with Gasteiger partial charge in [0, 0.05) is 18.3 Å². The molecular weight excluding hydrogens is 271 g/mol.